The van der Waals surface area contributed by atoms with E-state index in [2.05, 4.69) is 44.3 Å². The molecule has 1 aliphatic carbocycles. The fraction of sp³-hybridized carbons (Fsp3) is 0.556. The monoisotopic (exact) mass is 360 g/mol. The molecular formula is C18H24N4S2. The second-order valence-corrected chi connectivity index (χ2v) is 8.87. The molecular weight excluding hydrogens is 336 g/mol. The Labute approximate surface area is 152 Å². The molecule has 0 amide bonds. The number of nitrogens with zero attached hydrogens (tertiary/aromatic N) is 3. The zero-order valence-corrected chi connectivity index (χ0v) is 15.5. The Morgan fingerprint density at radius 1 is 1.04 bits per heavy atom. The van der Waals surface area contributed by atoms with E-state index < -0.39 is 0 Å². The predicted octanol–water partition coefficient (Wildman–Crippen LogP) is 3.98. The minimum Gasteiger partial charge on any atom is -0.358 e. The summed E-state index contributed by atoms with van der Waals surface area (Å²) in [6.07, 6.45) is 5.34. The molecule has 4 rings (SSSR count). The quantitative estimate of drug-likeness (QED) is 0.873. The summed E-state index contributed by atoms with van der Waals surface area (Å²) in [5, 5.41) is 14.3. The third kappa shape index (κ3) is 3.46. The van der Waals surface area contributed by atoms with Gasteiger partial charge in [-0.3, -0.25) is 4.90 Å². The van der Waals surface area contributed by atoms with Crippen LogP contribution in [0.3, 0.4) is 0 Å². The molecule has 2 aliphatic rings. The second kappa shape index (κ2) is 7.42. The third-order valence-corrected chi connectivity index (χ3v) is 7.10. The first-order valence-corrected chi connectivity index (χ1v) is 10.8. The van der Waals surface area contributed by atoms with Gasteiger partial charge in [0.05, 0.1) is 0 Å². The van der Waals surface area contributed by atoms with E-state index in [0.717, 1.165) is 22.2 Å². The summed E-state index contributed by atoms with van der Waals surface area (Å²) in [7, 11) is 0. The Morgan fingerprint density at radius 3 is 2.54 bits per heavy atom. The van der Waals surface area contributed by atoms with Crippen LogP contribution in [0, 0.1) is 0 Å². The Balaban J connectivity index is 1.44. The van der Waals surface area contributed by atoms with Gasteiger partial charge in [0, 0.05) is 42.2 Å². The molecule has 1 aromatic carbocycles. The summed E-state index contributed by atoms with van der Waals surface area (Å²) < 4.78 is 0. The number of rotatable bonds is 5. The summed E-state index contributed by atoms with van der Waals surface area (Å²) in [6.45, 7) is 3.47. The maximum absolute atomic E-state index is 4.36. The number of aromatic nitrogens is 2. The average Bonchev–Trinajstić information content (AvgIpc) is 3.32. The molecule has 2 aromatic rings. The van der Waals surface area contributed by atoms with Gasteiger partial charge in [-0.15, -0.1) is 10.2 Å². The fourth-order valence-electron chi connectivity index (χ4n) is 3.91. The Hall–Kier alpha value is -1.11. The van der Waals surface area contributed by atoms with Gasteiger partial charge in [-0.1, -0.05) is 54.5 Å². The number of hydrogen-bond donors (Lipinski definition) is 1. The molecule has 1 saturated heterocycles. The molecule has 1 N–H and O–H groups in total. The van der Waals surface area contributed by atoms with Gasteiger partial charge in [0.25, 0.3) is 0 Å². The Kier molecular flexibility index (Phi) is 5.06. The van der Waals surface area contributed by atoms with E-state index in [9.17, 15) is 0 Å². The zero-order chi connectivity index (χ0) is 16.2. The summed E-state index contributed by atoms with van der Waals surface area (Å²) in [4.78, 5) is 2.74. The first-order chi connectivity index (χ1) is 11.9. The van der Waals surface area contributed by atoms with Crippen LogP contribution in [-0.4, -0.2) is 51.8 Å². The standard InChI is InChI=1S/C18H24N4S2/c1-2-6-15(7-3-1)16-20-21-17(24-16)19-14-18(8-4-5-9-18)22-10-12-23-13-11-22/h1-3,6-7H,4-5,8-14H2,(H,19,21). The molecule has 0 spiro atoms. The van der Waals surface area contributed by atoms with Crippen molar-refractivity contribution in [2.45, 2.75) is 31.2 Å². The van der Waals surface area contributed by atoms with Crippen molar-refractivity contribution >= 4 is 28.2 Å². The van der Waals surface area contributed by atoms with Crippen LogP contribution in [0.15, 0.2) is 30.3 Å². The molecule has 4 nitrogen and oxygen atoms in total. The first kappa shape index (κ1) is 16.4. The predicted molar refractivity (Wildman–Crippen MR) is 104 cm³/mol. The van der Waals surface area contributed by atoms with E-state index in [4.69, 9.17) is 0 Å². The van der Waals surface area contributed by atoms with Crippen LogP contribution < -0.4 is 5.32 Å². The van der Waals surface area contributed by atoms with Gasteiger partial charge in [0.15, 0.2) is 0 Å². The SMILES string of the molecule is c1ccc(-c2nnc(NCC3(N4CCSCC4)CCCC3)s2)cc1. The second-order valence-electron chi connectivity index (χ2n) is 6.66. The van der Waals surface area contributed by atoms with Crippen molar-refractivity contribution in [3.63, 3.8) is 0 Å². The molecule has 128 valence electrons. The highest BCUT2D eigenvalue weighted by atomic mass is 32.2. The number of hydrogen-bond acceptors (Lipinski definition) is 6. The molecule has 0 unspecified atom stereocenters. The van der Waals surface area contributed by atoms with E-state index in [0.29, 0.717) is 5.54 Å². The molecule has 0 atom stereocenters. The van der Waals surface area contributed by atoms with Crippen molar-refractivity contribution < 1.29 is 0 Å². The van der Waals surface area contributed by atoms with Crippen molar-refractivity contribution in [2.24, 2.45) is 0 Å². The normalized spacial score (nSPS) is 21.0. The van der Waals surface area contributed by atoms with Crippen molar-refractivity contribution in [1.29, 1.82) is 0 Å². The molecule has 0 radical (unpaired) electrons. The van der Waals surface area contributed by atoms with Crippen LogP contribution in [0.5, 0.6) is 0 Å². The molecule has 2 fully saturated rings. The smallest absolute Gasteiger partial charge is 0.206 e. The van der Waals surface area contributed by atoms with Crippen molar-refractivity contribution in [1.82, 2.24) is 15.1 Å². The van der Waals surface area contributed by atoms with Crippen LogP contribution in [0.4, 0.5) is 5.13 Å². The minimum atomic E-state index is 0.333. The summed E-state index contributed by atoms with van der Waals surface area (Å²) in [6, 6.07) is 10.3. The number of nitrogens with one attached hydrogen (secondary N) is 1. The number of benzene rings is 1. The van der Waals surface area contributed by atoms with Crippen LogP contribution in [-0.2, 0) is 0 Å². The molecule has 6 heteroatoms. The largest absolute Gasteiger partial charge is 0.358 e. The number of anilines is 1. The maximum Gasteiger partial charge on any atom is 0.206 e. The van der Waals surface area contributed by atoms with Crippen LogP contribution in [0.1, 0.15) is 25.7 Å². The summed E-state index contributed by atoms with van der Waals surface area (Å²) in [5.74, 6) is 2.55. The summed E-state index contributed by atoms with van der Waals surface area (Å²) in [5.41, 5.74) is 1.48. The van der Waals surface area contributed by atoms with E-state index in [-0.39, 0.29) is 0 Å². The van der Waals surface area contributed by atoms with Gasteiger partial charge in [-0.05, 0) is 12.8 Å². The van der Waals surface area contributed by atoms with Gasteiger partial charge in [0.1, 0.15) is 5.01 Å². The van der Waals surface area contributed by atoms with Gasteiger partial charge in [-0.2, -0.15) is 11.8 Å². The highest BCUT2D eigenvalue weighted by molar-refractivity contribution is 7.99. The van der Waals surface area contributed by atoms with Crippen LogP contribution in [0.25, 0.3) is 10.6 Å². The molecule has 0 bridgehead atoms. The third-order valence-electron chi connectivity index (χ3n) is 5.23. The highest BCUT2D eigenvalue weighted by Crippen LogP contribution is 2.37. The van der Waals surface area contributed by atoms with E-state index in [1.807, 2.05) is 18.2 Å². The van der Waals surface area contributed by atoms with Gasteiger partial charge in [-0.25, -0.2) is 0 Å². The average molecular weight is 361 g/mol. The fourth-order valence-corrected chi connectivity index (χ4v) is 5.56. The summed E-state index contributed by atoms with van der Waals surface area (Å²) >= 11 is 3.75. The Bertz CT molecular complexity index is 646. The van der Waals surface area contributed by atoms with Gasteiger partial charge >= 0.3 is 0 Å². The maximum atomic E-state index is 4.36. The van der Waals surface area contributed by atoms with E-state index >= 15 is 0 Å². The van der Waals surface area contributed by atoms with E-state index in [1.54, 1.807) is 11.3 Å². The molecule has 2 heterocycles. The van der Waals surface area contributed by atoms with Gasteiger partial charge < -0.3 is 5.32 Å². The molecule has 1 aromatic heterocycles. The molecule has 24 heavy (non-hydrogen) atoms. The Morgan fingerprint density at radius 2 is 1.79 bits per heavy atom. The van der Waals surface area contributed by atoms with E-state index in [1.165, 1.54) is 50.3 Å². The zero-order valence-electron chi connectivity index (χ0n) is 13.9. The highest BCUT2D eigenvalue weighted by Gasteiger charge is 2.39. The van der Waals surface area contributed by atoms with Crippen molar-refractivity contribution in [3.8, 4) is 10.6 Å². The first-order valence-electron chi connectivity index (χ1n) is 8.81. The van der Waals surface area contributed by atoms with Gasteiger partial charge in [0.2, 0.25) is 5.13 Å². The lowest BCUT2D eigenvalue weighted by Crippen LogP contribution is -2.54. The van der Waals surface area contributed by atoms with Crippen LogP contribution >= 0.6 is 23.1 Å². The number of thioether (sulfide) groups is 1. The lowest BCUT2D eigenvalue weighted by Gasteiger charge is -2.43. The topological polar surface area (TPSA) is 41.1 Å². The minimum absolute atomic E-state index is 0.333. The van der Waals surface area contributed by atoms with Crippen LogP contribution in [0.2, 0.25) is 0 Å². The van der Waals surface area contributed by atoms with Crippen molar-refractivity contribution in [2.75, 3.05) is 36.5 Å². The lowest BCUT2D eigenvalue weighted by atomic mass is 9.94. The molecule has 1 aliphatic heterocycles. The molecule has 1 saturated carbocycles. The van der Waals surface area contributed by atoms with Crippen molar-refractivity contribution in [3.05, 3.63) is 30.3 Å². The lowest BCUT2D eigenvalue weighted by molar-refractivity contribution is 0.116.